The minimum atomic E-state index is -0.736. The Hall–Kier alpha value is -2.96. The van der Waals surface area contributed by atoms with Crippen LogP contribution in [0.5, 0.6) is 0 Å². The minimum absolute atomic E-state index is 0.0732. The number of fused-ring (bicyclic) bond motifs is 1. The van der Waals surface area contributed by atoms with Crippen molar-refractivity contribution in [2.24, 2.45) is 0 Å². The number of carbonyl (C=O) groups excluding carboxylic acids is 1. The molecule has 0 fully saturated rings. The third-order valence-electron chi connectivity index (χ3n) is 3.83. The van der Waals surface area contributed by atoms with Crippen LogP contribution in [-0.2, 0) is 17.8 Å². The van der Waals surface area contributed by atoms with E-state index < -0.39 is 10.9 Å². The van der Waals surface area contributed by atoms with Crippen LogP contribution in [0.25, 0.3) is 0 Å². The number of nitrogens with zero attached hydrogens (tertiary/aromatic N) is 3. The van der Waals surface area contributed by atoms with Gasteiger partial charge in [-0.25, -0.2) is 9.78 Å². The summed E-state index contributed by atoms with van der Waals surface area (Å²) in [5.74, 6) is -0.535. The number of hydrogen-bond donors (Lipinski definition) is 0. The highest BCUT2D eigenvalue weighted by atomic mass is 16.6. The van der Waals surface area contributed by atoms with Crippen molar-refractivity contribution in [1.82, 2.24) is 4.98 Å². The third kappa shape index (κ3) is 2.61. The second-order valence-corrected chi connectivity index (χ2v) is 5.36. The first-order chi connectivity index (χ1) is 11.0. The van der Waals surface area contributed by atoms with Crippen LogP contribution in [0, 0.1) is 17.0 Å². The van der Waals surface area contributed by atoms with Crippen LogP contribution >= 0.6 is 0 Å². The molecule has 2 aromatic rings. The summed E-state index contributed by atoms with van der Waals surface area (Å²) in [4.78, 5) is 29.0. The van der Waals surface area contributed by atoms with Gasteiger partial charge in [0, 0.05) is 18.8 Å². The van der Waals surface area contributed by atoms with Crippen molar-refractivity contribution in [2.45, 2.75) is 20.0 Å². The van der Waals surface area contributed by atoms with Gasteiger partial charge in [0.1, 0.15) is 5.56 Å². The topological polar surface area (TPSA) is 85.6 Å². The molecular weight excluding hydrogens is 298 g/mol. The van der Waals surface area contributed by atoms with Gasteiger partial charge in [-0.15, -0.1) is 0 Å². The van der Waals surface area contributed by atoms with E-state index in [9.17, 15) is 14.9 Å². The number of anilines is 1. The zero-order valence-corrected chi connectivity index (χ0v) is 12.8. The van der Waals surface area contributed by atoms with Gasteiger partial charge in [-0.05, 0) is 24.1 Å². The highest BCUT2D eigenvalue weighted by molar-refractivity contribution is 5.96. The predicted molar refractivity (Wildman–Crippen MR) is 83.3 cm³/mol. The Morgan fingerprint density at radius 1 is 1.30 bits per heavy atom. The Balaban J connectivity index is 2.11. The van der Waals surface area contributed by atoms with Gasteiger partial charge in [0.05, 0.1) is 12.0 Å². The number of carbonyl (C=O) groups is 1. The van der Waals surface area contributed by atoms with Crippen molar-refractivity contribution in [3.8, 4) is 0 Å². The Kier molecular flexibility index (Phi) is 3.69. The molecule has 0 saturated carbocycles. The first kappa shape index (κ1) is 15.0. The summed E-state index contributed by atoms with van der Waals surface area (Å²) in [5.41, 5.74) is 2.35. The maximum absolute atomic E-state index is 11.9. The number of hydrogen-bond acceptors (Lipinski definition) is 6. The number of methoxy groups -OCH3 is 1. The number of pyridine rings is 1. The average Bonchev–Trinajstić information content (AvgIpc) is 2.96. The molecule has 7 heteroatoms. The van der Waals surface area contributed by atoms with E-state index in [0.29, 0.717) is 18.8 Å². The number of ether oxygens (including phenoxy) is 1. The van der Waals surface area contributed by atoms with Gasteiger partial charge < -0.3 is 9.64 Å². The van der Waals surface area contributed by atoms with E-state index in [1.807, 2.05) is 29.2 Å². The van der Waals surface area contributed by atoms with Gasteiger partial charge in [-0.3, -0.25) is 10.1 Å². The lowest BCUT2D eigenvalue weighted by Gasteiger charge is -2.18. The first-order valence-electron chi connectivity index (χ1n) is 7.07. The van der Waals surface area contributed by atoms with Crippen molar-refractivity contribution in [3.63, 3.8) is 0 Å². The number of benzene rings is 1. The second-order valence-electron chi connectivity index (χ2n) is 5.36. The monoisotopic (exact) mass is 313 g/mol. The maximum Gasteiger partial charge on any atom is 0.345 e. The summed E-state index contributed by atoms with van der Waals surface area (Å²) in [7, 11) is 1.20. The number of rotatable bonds is 3. The van der Waals surface area contributed by atoms with Gasteiger partial charge in [-0.1, -0.05) is 24.3 Å². The molecule has 1 aliphatic rings. The lowest BCUT2D eigenvalue weighted by Crippen LogP contribution is -2.20. The molecule has 0 atom stereocenters. The molecule has 3 rings (SSSR count). The van der Waals surface area contributed by atoms with Crippen molar-refractivity contribution in [1.29, 1.82) is 0 Å². The minimum Gasteiger partial charge on any atom is -0.465 e. The van der Waals surface area contributed by atoms with E-state index in [0.717, 1.165) is 11.1 Å². The molecule has 0 saturated heterocycles. The summed E-state index contributed by atoms with van der Waals surface area (Å²) in [5, 5.41) is 11.5. The Morgan fingerprint density at radius 3 is 2.43 bits per heavy atom. The Morgan fingerprint density at radius 2 is 1.91 bits per heavy atom. The van der Waals surface area contributed by atoms with Crippen molar-refractivity contribution in [3.05, 3.63) is 62.8 Å². The van der Waals surface area contributed by atoms with Crippen LogP contribution in [0.1, 0.15) is 27.2 Å². The van der Waals surface area contributed by atoms with Crippen molar-refractivity contribution >= 4 is 17.5 Å². The van der Waals surface area contributed by atoms with Crippen LogP contribution in [0.15, 0.2) is 30.3 Å². The summed E-state index contributed by atoms with van der Waals surface area (Å²) in [6.07, 6.45) is 0. The molecule has 0 bridgehead atoms. The molecule has 7 nitrogen and oxygen atoms in total. The van der Waals surface area contributed by atoms with Gasteiger partial charge in [0.2, 0.25) is 5.82 Å². The molecule has 0 unspecified atom stereocenters. The number of nitro groups is 1. The van der Waals surface area contributed by atoms with Crippen LogP contribution in [-0.4, -0.2) is 23.0 Å². The standard InChI is InChI=1S/C16H15N3O4/c1-10-7-13(16(20)23-2)14(19(21)22)15(17-10)18-8-11-5-3-4-6-12(11)9-18/h3-7H,8-9H2,1-2H3. The largest absolute Gasteiger partial charge is 0.465 e. The zero-order chi connectivity index (χ0) is 16.6. The quantitative estimate of drug-likeness (QED) is 0.492. The molecule has 23 heavy (non-hydrogen) atoms. The third-order valence-corrected chi connectivity index (χ3v) is 3.83. The van der Waals surface area contributed by atoms with Crippen LogP contribution in [0.3, 0.4) is 0 Å². The molecule has 118 valence electrons. The van der Waals surface area contributed by atoms with E-state index in [-0.39, 0.29) is 17.1 Å². The van der Waals surface area contributed by atoms with Crippen LogP contribution in [0.4, 0.5) is 11.5 Å². The highest BCUT2D eigenvalue weighted by Crippen LogP contribution is 2.36. The van der Waals surface area contributed by atoms with E-state index in [1.54, 1.807) is 6.92 Å². The van der Waals surface area contributed by atoms with Gasteiger partial charge in [0.25, 0.3) is 0 Å². The average molecular weight is 313 g/mol. The highest BCUT2D eigenvalue weighted by Gasteiger charge is 2.32. The van der Waals surface area contributed by atoms with E-state index in [2.05, 4.69) is 9.72 Å². The van der Waals surface area contributed by atoms with E-state index in [4.69, 9.17) is 0 Å². The summed E-state index contributed by atoms with van der Waals surface area (Å²) in [6.45, 7) is 2.74. The van der Waals surface area contributed by atoms with Crippen LogP contribution < -0.4 is 4.90 Å². The smallest absolute Gasteiger partial charge is 0.345 e. The predicted octanol–water partition coefficient (Wildman–Crippen LogP) is 2.61. The fraction of sp³-hybridized carbons (Fsp3) is 0.250. The lowest BCUT2D eigenvalue weighted by molar-refractivity contribution is -0.384. The SMILES string of the molecule is COC(=O)c1cc(C)nc(N2Cc3ccccc3C2)c1[N+](=O)[O-]. The van der Waals surface area contributed by atoms with E-state index in [1.165, 1.54) is 13.2 Å². The second kappa shape index (κ2) is 5.68. The normalized spacial score (nSPS) is 12.9. The summed E-state index contributed by atoms with van der Waals surface area (Å²) < 4.78 is 4.67. The summed E-state index contributed by atoms with van der Waals surface area (Å²) >= 11 is 0. The number of aryl methyl sites for hydroxylation is 1. The molecule has 0 radical (unpaired) electrons. The van der Waals surface area contributed by atoms with Crippen molar-refractivity contribution < 1.29 is 14.5 Å². The Bertz CT molecular complexity index is 779. The molecule has 1 aliphatic heterocycles. The zero-order valence-electron chi connectivity index (χ0n) is 12.8. The first-order valence-corrected chi connectivity index (χ1v) is 7.07. The molecule has 0 amide bonds. The molecule has 0 N–H and O–H groups in total. The van der Waals surface area contributed by atoms with E-state index >= 15 is 0 Å². The van der Waals surface area contributed by atoms with Crippen LogP contribution in [0.2, 0.25) is 0 Å². The van der Waals surface area contributed by atoms with Crippen molar-refractivity contribution in [2.75, 3.05) is 12.0 Å². The van der Waals surface area contributed by atoms with Gasteiger partial charge in [0.15, 0.2) is 0 Å². The molecule has 1 aromatic heterocycles. The van der Waals surface area contributed by atoms with Gasteiger partial charge in [-0.2, -0.15) is 0 Å². The lowest BCUT2D eigenvalue weighted by atomic mass is 10.1. The fourth-order valence-electron chi connectivity index (χ4n) is 2.80. The molecule has 0 aliphatic carbocycles. The maximum atomic E-state index is 11.9. The Labute approximate surface area is 132 Å². The molecule has 2 heterocycles. The molecular formula is C16H15N3O4. The molecule has 0 spiro atoms. The van der Waals surface area contributed by atoms with Gasteiger partial charge >= 0.3 is 11.7 Å². The molecule has 1 aromatic carbocycles. The number of esters is 1. The number of aromatic nitrogens is 1. The fourth-order valence-corrected chi connectivity index (χ4v) is 2.80. The summed E-state index contributed by atoms with van der Waals surface area (Å²) in [6, 6.07) is 9.22.